The molecule has 16 N–H and O–H groups in total. The molecular weight excluding hydrogens is 1490 g/mol. The van der Waals surface area contributed by atoms with Crippen LogP contribution >= 0.6 is 0 Å². The van der Waals surface area contributed by atoms with E-state index in [-0.39, 0.29) is 32.9 Å². The van der Waals surface area contributed by atoms with Crippen LogP contribution in [0, 0.1) is 0 Å². The van der Waals surface area contributed by atoms with Gasteiger partial charge in [-0.25, -0.2) is 0 Å². The number of aromatic hydroxyl groups is 4. The highest BCUT2D eigenvalue weighted by molar-refractivity contribution is 7.87. The zero-order valence-corrected chi connectivity index (χ0v) is 55.1. The first-order valence-corrected chi connectivity index (χ1v) is 37.8. The van der Waals surface area contributed by atoms with Crippen LogP contribution in [0.4, 0.5) is 56.9 Å². The number of rotatable bonds is 18. The van der Waals surface area contributed by atoms with Crippen molar-refractivity contribution in [2.75, 3.05) is 11.5 Å². The van der Waals surface area contributed by atoms with Gasteiger partial charge in [-0.1, -0.05) is 36.4 Å². The fourth-order valence-electron chi connectivity index (χ4n) is 9.74. The van der Waals surface area contributed by atoms with Gasteiger partial charge in [0.25, 0.3) is 80.9 Å². The van der Waals surface area contributed by atoms with Crippen LogP contribution < -0.4 is 11.5 Å². The molecule has 0 spiro atoms. The minimum Gasteiger partial charge on any atom is -0.505 e. The Balaban J connectivity index is 0.959. The van der Waals surface area contributed by atoms with Crippen LogP contribution in [0.1, 0.15) is 11.1 Å². The van der Waals surface area contributed by atoms with Crippen molar-refractivity contribution in [2.45, 2.75) is 39.2 Å². The summed E-state index contributed by atoms with van der Waals surface area (Å²) >= 11 is 0. The molecule has 10 rings (SSSR count). The zero-order valence-electron chi connectivity index (χ0n) is 48.6. The van der Waals surface area contributed by atoms with Crippen LogP contribution in [0.2, 0.25) is 0 Å². The van der Waals surface area contributed by atoms with E-state index in [9.17, 15) is 124 Å². The second kappa shape index (κ2) is 25.3. The predicted molar refractivity (Wildman–Crippen MR) is 348 cm³/mol. The maximum Gasteiger partial charge on any atom is 0.296 e. The van der Waals surface area contributed by atoms with Crippen molar-refractivity contribution >= 4 is 193 Å². The number of phenols is 4. The summed E-state index contributed by atoms with van der Waals surface area (Å²) in [5.41, 5.74) is 4.20. The van der Waals surface area contributed by atoms with E-state index >= 15 is 0 Å². The number of anilines is 2. The highest BCUT2D eigenvalue weighted by Crippen LogP contribution is 2.49. The first-order valence-electron chi connectivity index (χ1n) is 26.3. The molecule has 46 heteroatoms. The van der Waals surface area contributed by atoms with E-state index in [1.165, 1.54) is 0 Å². The fourth-order valence-corrected chi connectivity index (χ4v) is 14.9. The smallest absolute Gasteiger partial charge is 0.296 e. The van der Waals surface area contributed by atoms with Gasteiger partial charge in [-0.2, -0.15) is 87.8 Å². The molecule has 0 fully saturated rings. The van der Waals surface area contributed by atoms with Gasteiger partial charge >= 0.3 is 0 Å². The van der Waals surface area contributed by atoms with Crippen molar-refractivity contribution in [3.63, 3.8) is 0 Å². The molecular formula is C54H38N10O28S8. The molecule has 0 aromatic heterocycles. The molecule has 0 saturated heterocycles. The lowest BCUT2D eigenvalue weighted by atomic mass is 10.1. The van der Waals surface area contributed by atoms with E-state index in [4.69, 9.17) is 11.5 Å². The highest BCUT2D eigenvalue weighted by atomic mass is 32.2. The summed E-state index contributed by atoms with van der Waals surface area (Å²) in [5, 5.41) is 72.5. The fraction of sp³-hybridized carbons (Fsp3) is 0. The summed E-state index contributed by atoms with van der Waals surface area (Å²) in [6.45, 7) is 0. The lowest BCUT2D eigenvalue weighted by molar-refractivity contribution is 0.471. The molecule has 0 radical (unpaired) electrons. The van der Waals surface area contributed by atoms with Crippen molar-refractivity contribution in [3.05, 3.63) is 132 Å². The van der Waals surface area contributed by atoms with E-state index in [0.717, 1.165) is 97.1 Å². The van der Waals surface area contributed by atoms with E-state index in [1.807, 2.05) is 0 Å². The van der Waals surface area contributed by atoms with E-state index < -0.39 is 221 Å². The number of benzene rings is 10. The Hall–Kier alpha value is -10.5. The van der Waals surface area contributed by atoms with Gasteiger partial charge in [0, 0.05) is 32.9 Å². The highest BCUT2D eigenvalue weighted by Gasteiger charge is 2.30. The van der Waals surface area contributed by atoms with Gasteiger partial charge in [0.05, 0.1) is 32.5 Å². The van der Waals surface area contributed by atoms with Crippen LogP contribution in [0.5, 0.6) is 23.0 Å². The van der Waals surface area contributed by atoms with Gasteiger partial charge in [0.15, 0.2) is 23.0 Å². The summed E-state index contributed by atoms with van der Waals surface area (Å²) in [6.07, 6.45) is 1.77. The number of hydrogen-bond donors (Lipinski definition) is 14. The summed E-state index contributed by atoms with van der Waals surface area (Å²) in [5.74, 6) is -4.28. The van der Waals surface area contributed by atoms with Crippen molar-refractivity contribution in [1.29, 1.82) is 0 Å². The molecule has 0 aliphatic heterocycles. The Labute approximate surface area is 560 Å². The molecule has 0 aliphatic rings. The predicted octanol–water partition coefficient (Wildman–Crippen LogP) is 10.1. The van der Waals surface area contributed by atoms with Gasteiger partial charge < -0.3 is 31.9 Å². The Morgan fingerprint density at radius 3 is 0.810 bits per heavy atom. The molecule has 38 nitrogen and oxygen atoms in total. The van der Waals surface area contributed by atoms with E-state index in [1.54, 1.807) is 0 Å². The van der Waals surface area contributed by atoms with Crippen molar-refractivity contribution in [3.8, 4) is 23.0 Å². The van der Waals surface area contributed by atoms with Gasteiger partial charge in [0.2, 0.25) is 0 Å². The zero-order chi connectivity index (χ0) is 73.7. The third-order valence-electron chi connectivity index (χ3n) is 14.1. The number of azo groups is 4. The first-order chi connectivity index (χ1) is 46.1. The monoisotopic (exact) mass is 1530 g/mol. The minimum absolute atomic E-state index is 0.164. The summed E-state index contributed by atoms with van der Waals surface area (Å²) in [6, 6.07) is 17.2. The Morgan fingerprint density at radius 2 is 0.530 bits per heavy atom. The normalized spacial score (nSPS) is 13.5. The molecule has 0 bridgehead atoms. The quantitative estimate of drug-likeness (QED) is 0.0164. The summed E-state index contributed by atoms with van der Waals surface area (Å²) in [7, 11) is -41.8. The van der Waals surface area contributed by atoms with Crippen LogP contribution in [-0.4, -0.2) is 124 Å². The van der Waals surface area contributed by atoms with Crippen LogP contribution in [0.3, 0.4) is 0 Å². The second-order valence-electron chi connectivity index (χ2n) is 20.7. The molecule has 10 aromatic carbocycles. The maximum absolute atomic E-state index is 12.8. The molecule has 0 atom stereocenters. The van der Waals surface area contributed by atoms with Crippen LogP contribution in [0.15, 0.2) is 201 Å². The lowest BCUT2D eigenvalue weighted by Crippen LogP contribution is -2.02. The number of phenolic OH excluding ortho intramolecular Hbond substituents is 4. The van der Waals surface area contributed by atoms with E-state index in [2.05, 4.69) is 40.9 Å². The standard InChI is InChI=1S/C54H38N10O28S8/c55-37-21-33(93(69,70)71)11-27-15-43(99(87,88)89)49(53(67)45(27)37)63-57-29-9-5-25-13-41(97(81,82)83)47(51(65)35(25)17-29)61-59-31-7-3-23(39(19-31)95(75,76)77)1-2-24-4-8-32(20-40(24)96(78,79)80)60-62-48-42(98(84,85)86)14-26-6-10-30(18-36(26)52(48)66)58-64-50-44(100(90,91)92)16-28-12-34(94(72,73)74)22-38(56)46(28)54(50)68/h1-22,65-68H,55-56H2,(H,69,70,71)(H,72,73,74)(H,75,76,77)(H,78,79,80)(H,81,82,83)(H,84,85,86)(H,87,88,89)(H,90,91,92). The molecule has 100 heavy (non-hydrogen) atoms. The molecule has 0 amide bonds. The maximum atomic E-state index is 12.8. The Morgan fingerprint density at radius 1 is 0.270 bits per heavy atom. The topological polar surface area (TPSA) is 667 Å². The SMILES string of the molecule is Nc1cc(S(=O)(=O)O)cc2cc(S(=O)(=O)O)c(N=Nc3ccc4cc(S(=O)(=O)O)c(N=Nc5ccc(C=Cc6ccc(N=Nc7c(S(=O)(=O)O)cc8ccc(N=Nc9c(S(=O)(=O)O)cc%10cc(S(=O)(=O)O)cc(N)c%10c9O)cc8c7O)cc6S(=O)(=O)O)c(S(=O)(=O)O)c5)c(O)c4c3)c(O)c12. The van der Waals surface area contributed by atoms with Crippen molar-refractivity contribution in [1.82, 2.24) is 0 Å². The average Bonchev–Trinajstić information content (AvgIpc) is 0.765. The molecule has 0 aliphatic carbocycles. The van der Waals surface area contributed by atoms with Crippen LogP contribution in [-0.2, 0) is 80.9 Å². The number of nitrogen functional groups attached to an aromatic ring is 2. The van der Waals surface area contributed by atoms with Crippen LogP contribution in [0.25, 0.3) is 55.2 Å². The number of nitrogens with zero attached hydrogens (tertiary/aromatic N) is 8. The lowest BCUT2D eigenvalue weighted by Gasteiger charge is -2.12. The minimum atomic E-state index is -5.33. The number of fused-ring (bicyclic) bond motifs is 4. The van der Waals surface area contributed by atoms with Gasteiger partial charge in [-0.05, 0) is 130 Å². The Kier molecular flexibility index (Phi) is 18.3. The third kappa shape index (κ3) is 14.8. The van der Waals surface area contributed by atoms with Gasteiger partial charge in [-0.15, -0.1) is 20.5 Å². The third-order valence-corrected chi connectivity index (χ3v) is 21.1. The molecule has 0 saturated carbocycles. The molecule has 10 aromatic rings. The number of nitrogens with two attached hydrogens (primary N) is 2. The van der Waals surface area contributed by atoms with E-state index in [0.29, 0.717) is 36.4 Å². The second-order valence-corrected chi connectivity index (χ2v) is 31.9. The molecule has 0 heterocycles. The van der Waals surface area contributed by atoms with Crippen molar-refractivity contribution < 1.29 is 124 Å². The molecule has 0 unspecified atom stereocenters. The first kappa shape index (κ1) is 72.2. The summed E-state index contributed by atoms with van der Waals surface area (Å²) < 4.78 is 279. The molecule has 520 valence electrons. The Bertz CT molecular complexity index is 6090. The average molecular weight is 1530 g/mol. The van der Waals surface area contributed by atoms with Crippen molar-refractivity contribution in [2.24, 2.45) is 40.9 Å². The number of hydrogen-bond acceptors (Lipinski definition) is 30. The summed E-state index contributed by atoms with van der Waals surface area (Å²) in [4.78, 5) is -8.14. The van der Waals surface area contributed by atoms with Gasteiger partial charge in [0.1, 0.15) is 52.1 Å². The largest absolute Gasteiger partial charge is 0.505 e. The van der Waals surface area contributed by atoms with Gasteiger partial charge in [-0.3, -0.25) is 36.4 Å².